The Morgan fingerprint density at radius 1 is 1.00 bits per heavy atom. The number of rotatable bonds is 3. The van der Waals surface area contributed by atoms with Crippen molar-refractivity contribution in [2.24, 2.45) is 0 Å². The van der Waals surface area contributed by atoms with Crippen LogP contribution in [0.25, 0.3) is 0 Å². The predicted octanol–water partition coefficient (Wildman–Crippen LogP) is 4.37. The molecule has 0 fully saturated rings. The molecule has 0 aliphatic carbocycles. The van der Waals surface area contributed by atoms with E-state index in [4.69, 9.17) is 11.6 Å². The van der Waals surface area contributed by atoms with E-state index in [9.17, 15) is 13.2 Å². The van der Waals surface area contributed by atoms with Crippen LogP contribution in [-0.2, 0) is 0 Å². The van der Waals surface area contributed by atoms with Gasteiger partial charge in [-0.2, -0.15) is 0 Å². The van der Waals surface area contributed by atoms with Crippen LogP contribution in [0, 0.1) is 24.4 Å². The van der Waals surface area contributed by atoms with Crippen molar-refractivity contribution in [2.75, 3.05) is 7.05 Å². The van der Waals surface area contributed by atoms with Gasteiger partial charge in [-0.25, -0.2) is 13.2 Å². The molecule has 0 heterocycles. The van der Waals surface area contributed by atoms with Gasteiger partial charge in [0.1, 0.15) is 5.82 Å². The molecule has 1 atom stereocenters. The van der Waals surface area contributed by atoms with E-state index in [2.05, 4.69) is 5.32 Å². The summed E-state index contributed by atoms with van der Waals surface area (Å²) in [6, 6.07) is 6.08. The van der Waals surface area contributed by atoms with Crippen LogP contribution in [0.5, 0.6) is 0 Å². The van der Waals surface area contributed by atoms with Crippen LogP contribution in [0.1, 0.15) is 22.7 Å². The molecule has 0 spiro atoms. The number of hydrogen-bond acceptors (Lipinski definition) is 1. The lowest BCUT2D eigenvalue weighted by molar-refractivity contribution is 0.478. The molecule has 1 unspecified atom stereocenters. The third-order valence-electron chi connectivity index (χ3n) is 3.17. The lowest BCUT2D eigenvalue weighted by atomic mass is 9.96. The molecule has 0 saturated heterocycles. The zero-order valence-electron chi connectivity index (χ0n) is 11.0. The van der Waals surface area contributed by atoms with Crippen molar-refractivity contribution in [1.82, 2.24) is 5.32 Å². The number of halogens is 4. The van der Waals surface area contributed by atoms with Gasteiger partial charge in [0.2, 0.25) is 0 Å². The molecule has 2 aromatic carbocycles. The van der Waals surface area contributed by atoms with Gasteiger partial charge < -0.3 is 5.32 Å². The third-order valence-corrected chi connectivity index (χ3v) is 3.41. The quantitative estimate of drug-likeness (QED) is 0.887. The van der Waals surface area contributed by atoms with Crippen molar-refractivity contribution >= 4 is 11.6 Å². The second-order valence-electron chi connectivity index (χ2n) is 4.49. The van der Waals surface area contributed by atoms with E-state index in [-0.39, 0.29) is 16.7 Å². The Morgan fingerprint density at radius 2 is 1.70 bits per heavy atom. The summed E-state index contributed by atoms with van der Waals surface area (Å²) in [5.74, 6) is -2.44. The van der Waals surface area contributed by atoms with E-state index in [1.165, 1.54) is 37.3 Å². The number of aryl methyl sites for hydroxylation is 1. The molecular formula is C15H13ClF3N. The third kappa shape index (κ3) is 2.67. The van der Waals surface area contributed by atoms with Crippen molar-refractivity contribution in [3.63, 3.8) is 0 Å². The first-order chi connectivity index (χ1) is 9.45. The fourth-order valence-electron chi connectivity index (χ4n) is 2.10. The lowest BCUT2D eigenvalue weighted by Gasteiger charge is -2.19. The highest BCUT2D eigenvalue weighted by Crippen LogP contribution is 2.30. The zero-order chi connectivity index (χ0) is 14.9. The first-order valence-corrected chi connectivity index (χ1v) is 6.40. The molecule has 2 rings (SSSR count). The summed E-state index contributed by atoms with van der Waals surface area (Å²) in [4.78, 5) is 0. The Balaban J connectivity index is 2.58. The van der Waals surface area contributed by atoms with E-state index >= 15 is 0 Å². The van der Waals surface area contributed by atoms with Gasteiger partial charge in [-0.05, 0) is 37.7 Å². The topological polar surface area (TPSA) is 12.0 Å². The van der Waals surface area contributed by atoms with Gasteiger partial charge in [0.25, 0.3) is 0 Å². The Morgan fingerprint density at radius 3 is 2.35 bits per heavy atom. The molecule has 0 saturated carbocycles. The summed E-state index contributed by atoms with van der Waals surface area (Å²) in [7, 11) is 1.54. The summed E-state index contributed by atoms with van der Waals surface area (Å²) in [5.41, 5.74) is 0.409. The van der Waals surface area contributed by atoms with Gasteiger partial charge in [0.15, 0.2) is 11.6 Å². The SMILES string of the molecule is CNC(c1cc(Cl)ccc1F)c1ccc(C)c(F)c1F. The van der Waals surface area contributed by atoms with Crippen molar-refractivity contribution in [1.29, 1.82) is 0 Å². The minimum absolute atomic E-state index is 0.0387. The summed E-state index contributed by atoms with van der Waals surface area (Å²) in [5, 5.41) is 3.11. The Bertz CT molecular complexity index is 643. The lowest BCUT2D eigenvalue weighted by Crippen LogP contribution is -2.21. The molecule has 0 aromatic heterocycles. The van der Waals surface area contributed by atoms with Crippen LogP contribution in [0.15, 0.2) is 30.3 Å². The summed E-state index contributed by atoms with van der Waals surface area (Å²) >= 11 is 5.84. The minimum atomic E-state index is -0.983. The standard InChI is InChI=1S/C15H13ClF3N/c1-8-3-5-10(14(19)13(8)18)15(20-2)11-7-9(16)4-6-12(11)17/h3-7,15,20H,1-2H3. The molecule has 1 N–H and O–H groups in total. The first kappa shape index (κ1) is 14.9. The van der Waals surface area contributed by atoms with E-state index in [0.29, 0.717) is 5.02 Å². The van der Waals surface area contributed by atoms with Crippen LogP contribution in [0.4, 0.5) is 13.2 Å². The van der Waals surface area contributed by atoms with Gasteiger partial charge in [-0.1, -0.05) is 23.7 Å². The van der Waals surface area contributed by atoms with Gasteiger partial charge in [-0.15, -0.1) is 0 Å². The van der Waals surface area contributed by atoms with Crippen LogP contribution in [0.3, 0.4) is 0 Å². The summed E-state index contributed by atoms with van der Waals surface area (Å²) in [6.45, 7) is 1.47. The van der Waals surface area contributed by atoms with Crippen LogP contribution in [0.2, 0.25) is 5.02 Å². The number of nitrogens with one attached hydrogen (secondary N) is 1. The fourth-order valence-corrected chi connectivity index (χ4v) is 2.28. The second-order valence-corrected chi connectivity index (χ2v) is 4.92. The van der Waals surface area contributed by atoms with Crippen LogP contribution >= 0.6 is 11.6 Å². The largest absolute Gasteiger partial charge is 0.309 e. The molecule has 20 heavy (non-hydrogen) atoms. The first-order valence-electron chi connectivity index (χ1n) is 6.02. The fraction of sp³-hybridized carbons (Fsp3) is 0.200. The highest BCUT2D eigenvalue weighted by atomic mass is 35.5. The predicted molar refractivity (Wildman–Crippen MR) is 73.4 cm³/mol. The molecule has 2 aromatic rings. The maximum atomic E-state index is 14.0. The van der Waals surface area contributed by atoms with Crippen LogP contribution < -0.4 is 5.32 Å². The van der Waals surface area contributed by atoms with Crippen molar-refractivity contribution in [3.05, 3.63) is 69.5 Å². The Labute approximate surface area is 120 Å². The van der Waals surface area contributed by atoms with E-state index in [1.54, 1.807) is 7.05 Å². The average Bonchev–Trinajstić information content (AvgIpc) is 2.43. The smallest absolute Gasteiger partial charge is 0.164 e. The summed E-state index contributed by atoms with van der Waals surface area (Å²) < 4.78 is 41.6. The molecule has 0 aliphatic rings. The molecule has 0 bridgehead atoms. The van der Waals surface area contributed by atoms with Crippen molar-refractivity contribution in [3.8, 4) is 0 Å². The molecular weight excluding hydrogens is 287 g/mol. The molecule has 1 nitrogen and oxygen atoms in total. The minimum Gasteiger partial charge on any atom is -0.309 e. The maximum absolute atomic E-state index is 14.0. The number of benzene rings is 2. The Hall–Kier alpha value is -1.52. The van der Waals surface area contributed by atoms with Gasteiger partial charge in [0.05, 0.1) is 6.04 Å². The Kier molecular flexibility index (Phi) is 4.35. The van der Waals surface area contributed by atoms with E-state index in [1.807, 2.05) is 0 Å². The normalized spacial score (nSPS) is 12.5. The van der Waals surface area contributed by atoms with Gasteiger partial charge in [-0.3, -0.25) is 0 Å². The maximum Gasteiger partial charge on any atom is 0.164 e. The van der Waals surface area contributed by atoms with Crippen molar-refractivity contribution in [2.45, 2.75) is 13.0 Å². The number of hydrogen-bond donors (Lipinski definition) is 1. The van der Waals surface area contributed by atoms with Gasteiger partial charge in [0, 0.05) is 16.1 Å². The highest BCUT2D eigenvalue weighted by Gasteiger charge is 2.22. The van der Waals surface area contributed by atoms with Crippen LogP contribution in [-0.4, -0.2) is 7.05 Å². The molecule has 5 heteroatoms. The summed E-state index contributed by atoms with van der Waals surface area (Å²) in [6.07, 6.45) is 0. The molecule has 0 radical (unpaired) electrons. The second kappa shape index (κ2) is 5.85. The molecule has 0 aliphatic heterocycles. The van der Waals surface area contributed by atoms with Crippen molar-refractivity contribution < 1.29 is 13.2 Å². The molecule has 106 valence electrons. The van der Waals surface area contributed by atoms with E-state index in [0.717, 1.165) is 0 Å². The van der Waals surface area contributed by atoms with E-state index < -0.39 is 23.5 Å². The molecule has 0 amide bonds. The monoisotopic (exact) mass is 299 g/mol. The highest BCUT2D eigenvalue weighted by molar-refractivity contribution is 6.30. The average molecular weight is 300 g/mol. The zero-order valence-corrected chi connectivity index (χ0v) is 11.7. The van der Waals surface area contributed by atoms with Gasteiger partial charge >= 0.3 is 0 Å².